The van der Waals surface area contributed by atoms with Gasteiger partial charge < -0.3 is 19.6 Å². The van der Waals surface area contributed by atoms with Crippen LogP contribution < -0.4 is 4.74 Å². The third kappa shape index (κ3) is 6.26. The van der Waals surface area contributed by atoms with E-state index in [1.807, 2.05) is 44.3 Å². The van der Waals surface area contributed by atoms with Crippen LogP contribution >= 0.6 is 0 Å². The normalized spacial score (nSPS) is 16.8. The molecule has 1 atom stereocenters. The standard InChI is InChI=1S/C29H35N5O3/c1-21(2)37-28-15-23(9-11-30-28)24-7-8-26(31-16-24)18-33-13-14-34(29(33)36)20-27(35)19-32-12-10-22-5-3-4-6-25(22)17-32/h3-9,11,15-16,21,27,35H,10,12-14,17-20H2,1-2H3. The van der Waals surface area contributed by atoms with Gasteiger partial charge >= 0.3 is 6.03 Å². The molecule has 1 unspecified atom stereocenters. The molecular formula is C29H35N5O3. The number of pyridine rings is 2. The summed E-state index contributed by atoms with van der Waals surface area (Å²) in [6, 6.07) is 16.2. The second kappa shape index (κ2) is 11.3. The molecule has 2 aliphatic heterocycles. The van der Waals surface area contributed by atoms with E-state index in [-0.39, 0.29) is 12.1 Å². The third-order valence-electron chi connectivity index (χ3n) is 6.89. The first kappa shape index (κ1) is 25.2. The van der Waals surface area contributed by atoms with Crippen LogP contribution in [0.3, 0.4) is 0 Å². The smallest absolute Gasteiger partial charge is 0.320 e. The van der Waals surface area contributed by atoms with Crippen LogP contribution in [-0.2, 0) is 19.5 Å². The van der Waals surface area contributed by atoms with Gasteiger partial charge in [-0.25, -0.2) is 9.78 Å². The van der Waals surface area contributed by atoms with Crippen molar-refractivity contribution < 1.29 is 14.6 Å². The molecule has 0 saturated carbocycles. The first-order valence-corrected chi connectivity index (χ1v) is 13.0. The van der Waals surface area contributed by atoms with Gasteiger partial charge in [0.1, 0.15) is 0 Å². The molecule has 2 amide bonds. The van der Waals surface area contributed by atoms with Crippen LogP contribution in [0.1, 0.15) is 30.7 Å². The Morgan fingerprint density at radius 2 is 1.76 bits per heavy atom. The Morgan fingerprint density at radius 1 is 0.946 bits per heavy atom. The van der Waals surface area contributed by atoms with Crippen LogP contribution in [0.15, 0.2) is 60.9 Å². The molecule has 37 heavy (non-hydrogen) atoms. The van der Waals surface area contributed by atoms with Gasteiger partial charge in [-0.05, 0) is 49.1 Å². The zero-order valence-corrected chi connectivity index (χ0v) is 21.6. The first-order valence-electron chi connectivity index (χ1n) is 13.0. The number of β-amino-alcohol motifs (C(OH)–C–C–N with tert-alkyl or cyclic N) is 1. The van der Waals surface area contributed by atoms with E-state index in [0.29, 0.717) is 38.6 Å². The zero-order chi connectivity index (χ0) is 25.8. The molecule has 194 valence electrons. The number of urea groups is 1. The van der Waals surface area contributed by atoms with Gasteiger partial charge in [-0.3, -0.25) is 9.88 Å². The maximum Gasteiger partial charge on any atom is 0.320 e. The summed E-state index contributed by atoms with van der Waals surface area (Å²) in [5, 5.41) is 10.7. The number of carbonyl (C=O) groups excluding carboxylic acids is 1. The molecule has 0 radical (unpaired) electrons. The van der Waals surface area contributed by atoms with Crippen molar-refractivity contribution in [3.8, 4) is 17.0 Å². The Balaban J connectivity index is 1.12. The maximum atomic E-state index is 13.0. The van der Waals surface area contributed by atoms with Crippen molar-refractivity contribution in [1.82, 2.24) is 24.7 Å². The number of aliphatic hydroxyl groups is 1. The summed E-state index contributed by atoms with van der Waals surface area (Å²) in [6.07, 6.45) is 4.04. The number of aliphatic hydroxyl groups excluding tert-OH is 1. The van der Waals surface area contributed by atoms with Crippen molar-refractivity contribution in [2.75, 3.05) is 32.7 Å². The number of benzene rings is 1. The Labute approximate surface area is 218 Å². The van der Waals surface area contributed by atoms with E-state index in [2.05, 4.69) is 39.1 Å². The van der Waals surface area contributed by atoms with Gasteiger partial charge in [0.25, 0.3) is 0 Å². The highest BCUT2D eigenvalue weighted by Crippen LogP contribution is 2.23. The number of rotatable bonds is 9. The lowest BCUT2D eigenvalue weighted by Crippen LogP contribution is -2.43. The molecule has 4 heterocycles. The van der Waals surface area contributed by atoms with E-state index in [1.165, 1.54) is 11.1 Å². The number of nitrogens with zero attached hydrogens (tertiary/aromatic N) is 5. The Kier molecular flexibility index (Phi) is 7.67. The summed E-state index contributed by atoms with van der Waals surface area (Å²) in [4.78, 5) is 27.7. The average molecular weight is 502 g/mol. The summed E-state index contributed by atoms with van der Waals surface area (Å²) in [5.74, 6) is 0.589. The van der Waals surface area contributed by atoms with Crippen LogP contribution in [-0.4, -0.2) is 80.7 Å². The largest absolute Gasteiger partial charge is 0.475 e. The van der Waals surface area contributed by atoms with Gasteiger partial charge in [0.05, 0.1) is 24.4 Å². The number of fused-ring (bicyclic) bond motifs is 1. The second-order valence-corrected chi connectivity index (χ2v) is 10.1. The summed E-state index contributed by atoms with van der Waals surface area (Å²) >= 11 is 0. The molecule has 3 aromatic rings. The van der Waals surface area contributed by atoms with Crippen molar-refractivity contribution in [3.05, 3.63) is 77.7 Å². The molecule has 0 aliphatic carbocycles. The lowest BCUT2D eigenvalue weighted by atomic mass is 10.00. The molecule has 2 aliphatic rings. The van der Waals surface area contributed by atoms with E-state index in [9.17, 15) is 9.90 Å². The molecule has 0 spiro atoms. The molecular weight excluding hydrogens is 466 g/mol. The van der Waals surface area contributed by atoms with Crippen molar-refractivity contribution in [2.24, 2.45) is 0 Å². The highest BCUT2D eigenvalue weighted by atomic mass is 16.5. The predicted molar refractivity (Wildman–Crippen MR) is 142 cm³/mol. The van der Waals surface area contributed by atoms with Gasteiger partial charge in [-0.1, -0.05) is 30.3 Å². The molecule has 1 saturated heterocycles. The van der Waals surface area contributed by atoms with Crippen LogP contribution in [0.4, 0.5) is 4.79 Å². The first-order chi connectivity index (χ1) is 17.9. The van der Waals surface area contributed by atoms with Crippen molar-refractivity contribution >= 4 is 6.03 Å². The number of carbonyl (C=O) groups is 1. The SMILES string of the molecule is CC(C)Oc1cc(-c2ccc(CN3CCN(CC(O)CN4CCc5ccccc5C4)C3=O)nc2)ccn1. The Bertz CT molecular complexity index is 1220. The lowest BCUT2D eigenvalue weighted by molar-refractivity contribution is 0.0812. The van der Waals surface area contributed by atoms with Crippen LogP contribution in [0.2, 0.25) is 0 Å². The van der Waals surface area contributed by atoms with Crippen molar-refractivity contribution in [1.29, 1.82) is 0 Å². The monoisotopic (exact) mass is 501 g/mol. The van der Waals surface area contributed by atoms with Gasteiger partial charge in [-0.15, -0.1) is 0 Å². The van der Waals surface area contributed by atoms with Gasteiger partial charge in [0, 0.05) is 63.3 Å². The van der Waals surface area contributed by atoms with Crippen LogP contribution in [0.5, 0.6) is 5.88 Å². The minimum Gasteiger partial charge on any atom is -0.475 e. The van der Waals surface area contributed by atoms with E-state index >= 15 is 0 Å². The summed E-state index contributed by atoms with van der Waals surface area (Å²) < 4.78 is 5.69. The average Bonchev–Trinajstić information content (AvgIpc) is 3.22. The molecule has 0 bridgehead atoms. The van der Waals surface area contributed by atoms with E-state index < -0.39 is 6.10 Å². The number of hydrogen-bond donors (Lipinski definition) is 1. The number of amides is 2. The lowest BCUT2D eigenvalue weighted by Gasteiger charge is -2.31. The predicted octanol–water partition coefficient (Wildman–Crippen LogP) is 3.59. The van der Waals surface area contributed by atoms with Gasteiger partial charge in [0.15, 0.2) is 0 Å². The Morgan fingerprint density at radius 3 is 2.54 bits per heavy atom. The molecule has 8 nitrogen and oxygen atoms in total. The molecule has 1 aromatic carbocycles. The highest BCUT2D eigenvalue weighted by Gasteiger charge is 2.30. The fraction of sp³-hybridized carbons (Fsp3) is 0.414. The molecule has 1 fully saturated rings. The quantitative estimate of drug-likeness (QED) is 0.483. The van der Waals surface area contributed by atoms with Gasteiger partial charge in [0.2, 0.25) is 5.88 Å². The van der Waals surface area contributed by atoms with Gasteiger partial charge in [-0.2, -0.15) is 0 Å². The summed E-state index contributed by atoms with van der Waals surface area (Å²) in [7, 11) is 0. The minimum absolute atomic E-state index is 0.0430. The van der Waals surface area contributed by atoms with Crippen LogP contribution in [0, 0.1) is 0 Å². The second-order valence-electron chi connectivity index (χ2n) is 10.1. The summed E-state index contributed by atoms with van der Waals surface area (Å²) in [5.41, 5.74) is 5.51. The van der Waals surface area contributed by atoms with E-state index in [4.69, 9.17) is 4.74 Å². The van der Waals surface area contributed by atoms with Crippen LogP contribution in [0.25, 0.3) is 11.1 Å². The highest BCUT2D eigenvalue weighted by molar-refractivity contribution is 5.76. The van der Waals surface area contributed by atoms with Crippen molar-refractivity contribution in [3.63, 3.8) is 0 Å². The number of aromatic nitrogens is 2. The third-order valence-corrected chi connectivity index (χ3v) is 6.89. The fourth-order valence-electron chi connectivity index (χ4n) is 5.05. The fourth-order valence-corrected chi connectivity index (χ4v) is 5.05. The topological polar surface area (TPSA) is 82.0 Å². The minimum atomic E-state index is -0.573. The van der Waals surface area contributed by atoms with Crippen molar-refractivity contribution in [2.45, 2.75) is 45.6 Å². The molecule has 8 heteroatoms. The zero-order valence-electron chi connectivity index (χ0n) is 21.6. The van der Waals surface area contributed by atoms with E-state index in [0.717, 1.165) is 36.3 Å². The molecule has 5 rings (SSSR count). The van der Waals surface area contributed by atoms with E-state index in [1.54, 1.807) is 16.0 Å². The summed E-state index contributed by atoms with van der Waals surface area (Å²) in [6.45, 7) is 8.34. The Hall–Kier alpha value is -3.49. The maximum absolute atomic E-state index is 13.0. The molecule has 2 aromatic heterocycles. The number of hydrogen-bond acceptors (Lipinski definition) is 6. The number of ether oxygens (including phenoxy) is 1. The molecule has 1 N–H and O–H groups in total.